The zero-order valence-corrected chi connectivity index (χ0v) is 16.7. The highest BCUT2D eigenvalue weighted by Crippen LogP contribution is 2.26. The third-order valence-electron chi connectivity index (χ3n) is 4.61. The number of piperidine rings is 1. The Morgan fingerprint density at radius 2 is 1.77 bits per heavy atom. The van der Waals surface area contributed by atoms with E-state index in [9.17, 15) is 12.8 Å². The molecule has 1 fully saturated rings. The molecule has 0 radical (unpaired) electrons. The monoisotopic (exact) mass is 397 g/mol. The molecule has 2 aromatic rings. The number of aryl methyl sites for hydroxylation is 2. The number of benzene rings is 1. The van der Waals surface area contributed by atoms with Gasteiger partial charge >= 0.3 is 0 Å². The molecule has 5 nitrogen and oxygen atoms in total. The summed E-state index contributed by atoms with van der Waals surface area (Å²) in [6.07, 6.45) is 2.92. The predicted octanol–water partition coefficient (Wildman–Crippen LogP) is 3.61. The molecule has 0 N–H and O–H groups in total. The Bertz CT molecular complexity index is 857. The second-order valence-corrected chi connectivity index (χ2v) is 9.53. The molecule has 0 atom stereocenters. The van der Waals surface area contributed by atoms with Gasteiger partial charge in [0.05, 0.1) is 17.9 Å². The fraction of sp³-hybridized carbons (Fsp3) is 0.500. The lowest BCUT2D eigenvalue weighted by molar-refractivity contribution is 0.346. The van der Waals surface area contributed by atoms with Crippen LogP contribution in [0.25, 0.3) is 0 Å². The maximum atomic E-state index is 13.0. The number of hydrogen-bond donors (Lipinski definition) is 0. The summed E-state index contributed by atoms with van der Waals surface area (Å²) in [4.78, 5) is 1.33. The highest BCUT2D eigenvalue weighted by Gasteiger charge is 2.31. The summed E-state index contributed by atoms with van der Waals surface area (Å²) >= 11 is 1.60. The van der Waals surface area contributed by atoms with Crippen molar-refractivity contribution in [1.82, 2.24) is 14.1 Å². The number of rotatable bonds is 6. The Balaban J connectivity index is 1.72. The van der Waals surface area contributed by atoms with Crippen LogP contribution >= 0.6 is 11.8 Å². The van der Waals surface area contributed by atoms with E-state index >= 15 is 0 Å². The first-order valence-electron chi connectivity index (χ1n) is 8.82. The molecule has 1 aromatic heterocycles. The fourth-order valence-corrected chi connectivity index (χ4v) is 6.01. The highest BCUT2D eigenvalue weighted by atomic mass is 32.2. The second kappa shape index (κ2) is 8.10. The van der Waals surface area contributed by atoms with Crippen LogP contribution in [0.4, 0.5) is 4.39 Å². The molecule has 26 heavy (non-hydrogen) atoms. The first-order valence-corrected chi connectivity index (χ1v) is 11.2. The van der Waals surface area contributed by atoms with Crippen LogP contribution in [0.15, 0.2) is 34.1 Å². The molecule has 0 aliphatic carbocycles. The zero-order valence-electron chi connectivity index (χ0n) is 15.1. The highest BCUT2D eigenvalue weighted by molar-refractivity contribution is 7.99. The predicted molar refractivity (Wildman–Crippen MR) is 101 cm³/mol. The van der Waals surface area contributed by atoms with E-state index in [4.69, 9.17) is 0 Å². The number of halogens is 1. The van der Waals surface area contributed by atoms with Crippen molar-refractivity contribution < 1.29 is 12.8 Å². The molecule has 1 aliphatic heterocycles. The van der Waals surface area contributed by atoms with Gasteiger partial charge in [-0.05, 0) is 51.0 Å². The van der Waals surface area contributed by atoms with Crippen LogP contribution in [0.3, 0.4) is 0 Å². The minimum atomic E-state index is -3.48. The maximum Gasteiger partial charge on any atom is 0.246 e. The fourth-order valence-electron chi connectivity index (χ4n) is 3.29. The van der Waals surface area contributed by atoms with E-state index in [1.807, 2.05) is 6.92 Å². The van der Waals surface area contributed by atoms with Crippen LogP contribution < -0.4 is 0 Å². The van der Waals surface area contributed by atoms with Crippen molar-refractivity contribution in [1.29, 1.82) is 0 Å². The lowest BCUT2D eigenvalue weighted by atomic mass is 10.2. The molecule has 142 valence electrons. The van der Waals surface area contributed by atoms with E-state index in [0.717, 1.165) is 29.9 Å². The van der Waals surface area contributed by atoms with Crippen LogP contribution in [0.2, 0.25) is 0 Å². The van der Waals surface area contributed by atoms with E-state index in [1.165, 1.54) is 12.1 Å². The summed E-state index contributed by atoms with van der Waals surface area (Å²) in [5.41, 5.74) is 1.24. The minimum absolute atomic E-state index is 0.250. The number of thioether (sulfide) groups is 1. The topological polar surface area (TPSA) is 55.2 Å². The molecule has 1 aromatic carbocycles. The van der Waals surface area contributed by atoms with Gasteiger partial charge in [-0.15, -0.1) is 11.8 Å². The maximum absolute atomic E-state index is 13.0. The lowest BCUT2D eigenvalue weighted by Crippen LogP contribution is -2.36. The summed E-state index contributed by atoms with van der Waals surface area (Å²) in [6, 6.07) is 6.37. The number of sulfonamides is 1. The third-order valence-corrected chi connectivity index (χ3v) is 7.76. The van der Waals surface area contributed by atoms with Crippen LogP contribution in [-0.4, -0.2) is 41.3 Å². The molecule has 0 bridgehead atoms. The van der Waals surface area contributed by atoms with Crippen molar-refractivity contribution in [2.45, 2.75) is 49.4 Å². The van der Waals surface area contributed by atoms with Crippen LogP contribution in [0, 0.1) is 19.7 Å². The van der Waals surface area contributed by atoms with E-state index in [-0.39, 0.29) is 5.82 Å². The lowest BCUT2D eigenvalue weighted by Gasteiger charge is -2.26. The molecule has 8 heteroatoms. The van der Waals surface area contributed by atoms with Crippen molar-refractivity contribution in [2.75, 3.05) is 18.8 Å². The summed E-state index contributed by atoms with van der Waals surface area (Å²) < 4.78 is 42.3. The second-order valence-electron chi connectivity index (χ2n) is 6.49. The van der Waals surface area contributed by atoms with Gasteiger partial charge < -0.3 is 0 Å². The largest absolute Gasteiger partial charge is 0.267 e. The Labute approximate surface area is 158 Å². The molecule has 0 amide bonds. The number of aromatic nitrogens is 2. The van der Waals surface area contributed by atoms with E-state index < -0.39 is 10.0 Å². The molecular formula is C18H24FN3O2S2. The van der Waals surface area contributed by atoms with Gasteiger partial charge in [-0.2, -0.15) is 9.40 Å². The third kappa shape index (κ3) is 4.13. The molecule has 0 spiro atoms. The van der Waals surface area contributed by atoms with E-state index in [1.54, 1.807) is 39.8 Å². The molecule has 3 rings (SSSR count). The van der Waals surface area contributed by atoms with Gasteiger partial charge in [0.25, 0.3) is 0 Å². The number of nitrogens with zero attached hydrogens (tertiary/aromatic N) is 3. The van der Waals surface area contributed by atoms with Gasteiger partial charge in [0, 0.05) is 23.7 Å². The average molecular weight is 398 g/mol. The zero-order chi connectivity index (χ0) is 18.7. The van der Waals surface area contributed by atoms with Crippen LogP contribution in [-0.2, 0) is 16.6 Å². The van der Waals surface area contributed by atoms with Crippen molar-refractivity contribution in [3.8, 4) is 0 Å². The number of hydrogen-bond acceptors (Lipinski definition) is 4. The average Bonchev–Trinajstić information content (AvgIpc) is 2.92. The molecule has 1 aliphatic rings. The Morgan fingerprint density at radius 3 is 2.42 bits per heavy atom. The Kier molecular flexibility index (Phi) is 6.04. The molecular weight excluding hydrogens is 373 g/mol. The molecule has 0 saturated carbocycles. The summed E-state index contributed by atoms with van der Waals surface area (Å²) in [5.74, 6) is 0.483. The smallest absolute Gasteiger partial charge is 0.246 e. The quantitative estimate of drug-likeness (QED) is 0.699. The van der Waals surface area contributed by atoms with Gasteiger partial charge in [-0.3, -0.25) is 4.68 Å². The van der Waals surface area contributed by atoms with Gasteiger partial charge in [-0.1, -0.05) is 6.42 Å². The van der Waals surface area contributed by atoms with Gasteiger partial charge in [0.2, 0.25) is 10.0 Å². The van der Waals surface area contributed by atoms with Crippen LogP contribution in [0.5, 0.6) is 0 Å². The van der Waals surface area contributed by atoms with Crippen molar-refractivity contribution in [3.05, 3.63) is 41.5 Å². The Hall–Kier alpha value is -1.38. The molecule has 0 unspecified atom stereocenters. The summed E-state index contributed by atoms with van der Waals surface area (Å²) in [6.45, 7) is 5.36. The van der Waals surface area contributed by atoms with Crippen LogP contribution in [0.1, 0.15) is 30.7 Å². The van der Waals surface area contributed by atoms with E-state index in [0.29, 0.717) is 35.9 Å². The van der Waals surface area contributed by atoms with Crippen molar-refractivity contribution >= 4 is 21.8 Å². The summed E-state index contributed by atoms with van der Waals surface area (Å²) in [7, 11) is -3.48. The van der Waals surface area contributed by atoms with E-state index in [2.05, 4.69) is 5.10 Å². The van der Waals surface area contributed by atoms with Crippen molar-refractivity contribution in [2.24, 2.45) is 0 Å². The van der Waals surface area contributed by atoms with Gasteiger partial charge in [0.1, 0.15) is 10.7 Å². The minimum Gasteiger partial charge on any atom is -0.267 e. The Morgan fingerprint density at radius 1 is 1.12 bits per heavy atom. The SMILES string of the molecule is Cc1nn(CCSc2ccc(F)cc2)c(C)c1S(=O)(=O)N1CCCCC1. The van der Waals surface area contributed by atoms with Crippen molar-refractivity contribution in [3.63, 3.8) is 0 Å². The summed E-state index contributed by atoms with van der Waals surface area (Å²) in [5, 5.41) is 4.45. The molecule has 2 heterocycles. The standard InChI is InChI=1S/C18H24FN3O2S2/c1-14-18(26(23,24)21-10-4-3-5-11-21)15(2)22(20-14)12-13-25-17-8-6-16(19)7-9-17/h6-9H,3-5,10-13H2,1-2H3. The first-order chi connectivity index (χ1) is 12.4. The first kappa shape index (κ1) is 19.4. The van der Waals surface area contributed by atoms with Gasteiger partial charge in [-0.25, -0.2) is 12.8 Å². The van der Waals surface area contributed by atoms with Gasteiger partial charge in [0.15, 0.2) is 0 Å². The molecule has 1 saturated heterocycles. The normalized spacial score (nSPS) is 16.1.